The van der Waals surface area contributed by atoms with E-state index in [2.05, 4.69) is 15.6 Å². The molecule has 116 valence electrons. The van der Waals surface area contributed by atoms with E-state index in [4.69, 9.17) is 23.2 Å². The molecule has 1 atom stereocenters. The second-order valence-electron chi connectivity index (χ2n) is 5.14. The van der Waals surface area contributed by atoms with Gasteiger partial charge in [-0.1, -0.05) is 35.0 Å². The van der Waals surface area contributed by atoms with Crippen LogP contribution in [0.25, 0.3) is 0 Å². The molecule has 1 aromatic rings. The molecule has 8 heteroatoms. The van der Waals surface area contributed by atoms with Gasteiger partial charge in [-0.15, -0.1) is 0 Å². The summed E-state index contributed by atoms with van der Waals surface area (Å²) in [4.78, 5) is 28.3. The second kappa shape index (κ2) is 6.48. The largest absolute Gasteiger partial charge is 0.326 e. The fourth-order valence-electron chi connectivity index (χ4n) is 1.92. The van der Waals surface area contributed by atoms with Gasteiger partial charge in [-0.05, 0) is 31.0 Å². The van der Waals surface area contributed by atoms with E-state index < -0.39 is 5.25 Å². The van der Waals surface area contributed by atoms with Crippen molar-refractivity contribution in [3.63, 3.8) is 0 Å². The predicted molar refractivity (Wildman–Crippen MR) is 89.7 cm³/mol. The van der Waals surface area contributed by atoms with Crippen LogP contribution in [0, 0.1) is 0 Å². The Morgan fingerprint density at radius 1 is 1.36 bits per heavy atom. The van der Waals surface area contributed by atoms with Crippen molar-refractivity contribution < 1.29 is 9.59 Å². The Hall–Kier alpha value is -1.24. The summed E-state index contributed by atoms with van der Waals surface area (Å²) < 4.78 is 0. The van der Waals surface area contributed by atoms with E-state index >= 15 is 0 Å². The van der Waals surface area contributed by atoms with Crippen LogP contribution in [-0.2, 0) is 9.59 Å². The van der Waals surface area contributed by atoms with Crippen LogP contribution >= 0.6 is 35.0 Å². The molecule has 2 aliphatic rings. The highest BCUT2D eigenvalue weighted by Crippen LogP contribution is 2.29. The molecule has 1 aliphatic heterocycles. The van der Waals surface area contributed by atoms with Crippen molar-refractivity contribution in [2.24, 2.45) is 4.99 Å². The lowest BCUT2D eigenvalue weighted by atomic mass is 10.2. The van der Waals surface area contributed by atoms with Crippen molar-refractivity contribution in [2.45, 2.75) is 30.6 Å². The molecule has 1 heterocycles. The third-order valence-electron chi connectivity index (χ3n) is 3.20. The fourth-order valence-corrected chi connectivity index (χ4v) is 3.26. The number of rotatable bonds is 4. The summed E-state index contributed by atoms with van der Waals surface area (Å²) in [6, 6.07) is 5.18. The van der Waals surface area contributed by atoms with Gasteiger partial charge in [0, 0.05) is 12.1 Å². The van der Waals surface area contributed by atoms with Gasteiger partial charge in [0.25, 0.3) is 0 Å². The molecule has 1 aromatic carbocycles. The number of anilines is 1. The van der Waals surface area contributed by atoms with Crippen molar-refractivity contribution >= 4 is 57.6 Å². The molecule has 22 heavy (non-hydrogen) atoms. The highest BCUT2D eigenvalue weighted by Gasteiger charge is 2.33. The highest BCUT2D eigenvalue weighted by molar-refractivity contribution is 8.15. The molecule has 1 saturated carbocycles. The number of nitrogens with zero attached hydrogens (tertiary/aromatic N) is 1. The van der Waals surface area contributed by atoms with Gasteiger partial charge < -0.3 is 10.6 Å². The predicted octanol–water partition coefficient (Wildman–Crippen LogP) is 3.07. The van der Waals surface area contributed by atoms with Crippen molar-refractivity contribution in [1.82, 2.24) is 5.32 Å². The maximum atomic E-state index is 12.0. The Labute approximate surface area is 141 Å². The minimum absolute atomic E-state index is 0.0838. The molecule has 0 spiro atoms. The van der Waals surface area contributed by atoms with Gasteiger partial charge in [0.2, 0.25) is 11.8 Å². The number of carbonyl (C=O) groups is 2. The summed E-state index contributed by atoms with van der Waals surface area (Å²) >= 11 is 13.0. The number of benzene rings is 1. The highest BCUT2D eigenvalue weighted by atomic mass is 35.5. The molecule has 5 nitrogen and oxygen atoms in total. The van der Waals surface area contributed by atoms with Crippen molar-refractivity contribution in [3.8, 4) is 0 Å². The molecule has 1 saturated heterocycles. The molecule has 2 fully saturated rings. The van der Waals surface area contributed by atoms with E-state index in [1.54, 1.807) is 18.2 Å². The lowest BCUT2D eigenvalue weighted by molar-refractivity contribution is -0.122. The van der Waals surface area contributed by atoms with Gasteiger partial charge in [-0.25, -0.2) is 0 Å². The molecule has 2 amide bonds. The zero-order valence-electron chi connectivity index (χ0n) is 11.4. The van der Waals surface area contributed by atoms with Crippen LogP contribution < -0.4 is 10.6 Å². The number of thioether (sulfide) groups is 1. The first-order valence-electron chi connectivity index (χ1n) is 6.81. The minimum atomic E-state index is -0.444. The lowest BCUT2D eigenvalue weighted by Gasteiger charge is -2.08. The molecule has 2 N–H and O–H groups in total. The van der Waals surface area contributed by atoms with Crippen LogP contribution in [-0.4, -0.2) is 28.3 Å². The minimum Gasteiger partial charge on any atom is -0.326 e. The standard InChI is InChI=1S/C14H13Cl2N3O2S/c15-9-4-3-8(5-10(9)16)17-12(20)6-11-13(21)19-14(22-11)18-7-1-2-7/h3-5,7,11H,1-2,6H2,(H,17,20)(H,18,19,21)/t11-/m0/s1. The van der Waals surface area contributed by atoms with E-state index in [0.717, 1.165) is 12.8 Å². The Morgan fingerprint density at radius 3 is 2.82 bits per heavy atom. The zero-order chi connectivity index (χ0) is 15.7. The smallest absolute Gasteiger partial charge is 0.240 e. The summed E-state index contributed by atoms with van der Waals surface area (Å²) in [6.45, 7) is 0. The van der Waals surface area contributed by atoms with E-state index in [9.17, 15) is 9.59 Å². The molecule has 0 radical (unpaired) electrons. The zero-order valence-corrected chi connectivity index (χ0v) is 13.8. The van der Waals surface area contributed by atoms with Crippen LogP contribution in [0.5, 0.6) is 0 Å². The average Bonchev–Trinajstić information content (AvgIpc) is 3.19. The van der Waals surface area contributed by atoms with Gasteiger partial charge in [0.1, 0.15) is 5.25 Å². The SMILES string of the molecule is O=C(C[C@@H]1SC(=NC2CC2)NC1=O)Nc1ccc(Cl)c(Cl)c1. The quantitative estimate of drug-likeness (QED) is 0.869. The van der Waals surface area contributed by atoms with Crippen LogP contribution in [0.2, 0.25) is 10.0 Å². The summed E-state index contributed by atoms with van der Waals surface area (Å²) in [6.07, 6.45) is 2.23. The first-order valence-corrected chi connectivity index (χ1v) is 8.45. The number of nitrogens with one attached hydrogen (secondary N) is 2. The van der Waals surface area contributed by atoms with Crippen LogP contribution in [0.15, 0.2) is 23.2 Å². The van der Waals surface area contributed by atoms with Gasteiger partial charge in [-0.2, -0.15) is 0 Å². The van der Waals surface area contributed by atoms with Crippen LogP contribution in [0.3, 0.4) is 0 Å². The number of hydrogen-bond acceptors (Lipinski definition) is 4. The number of amidine groups is 1. The van der Waals surface area contributed by atoms with Gasteiger partial charge in [-0.3, -0.25) is 14.6 Å². The van der Waals surface area contributed by atoms with Crippen molar-refractivity contribution in [3.05, 3.63) is 28.2 Å². The second-order valence-corrected chi connectivity index (χ2v) is 7.15. The van der Waals surface area contributed by atoms with Crippen LogP contribution in [0.1, 0.15) is 19.3 Å². The molecular weight excluding hydrogens is 345 g/mol. The summed E-state index contributed by atoms with van der Waals surface area (Å²) in [7, 11) is 0. The Bertz CT molecular complexity index is 661. The monoisotopic (exact) mass is 357 g/mol. The third kappa shape index (κ3) is 3.94. The third-order valence-corrected chi connectivity index (χ3v) is 5.03. The molecule has 0 unspecified atom stereocenters. The maximum Gasteiger partial charge on any atom is 0.240 e. The number of halogens is 2. The van der Waals surface area contributed by atoms with Crippen LogP contribution in [0.4, 0.5) is 5.69 Å². The molecule has 0 bridgehead atoms. The number of aliphatic imine (C=N–C) groups is 1. The topological polar surface area (TPSA) is 70.6 Å². The molecule has 3 rings (SSSR count). The Kier molecular flexibility index (Phi) is 4.61. The number of amides is 2. The number of hydrogen-bond donors (Lipinski definition) is 2. The van der Waals surface area contributed by atoms with E-state index in [1.165, 1.54) is 11.8 Å². The molecular formula is C14H13Cl2N3O2S. The molecule has 1 aliphatic carbocycles. The first-order chi connectivity index (χ1) is 10.5. The average molecular weight is 358 g/mol. The maximum absolute atomic E-state index is 12.0. The normalized spacial score (nSPS) is 22.7. The molecule has 0 aromatic heterocycles. The van der Waals surface area contributed by atoms with Gasteiger partial charge in [0.15, 0.2) is 5.17 Å². The Balaban J connectivity index is 1.57. The van der Waals surface area contributed by atoms with E-state index in [1.807, 2.05) is 0 Å². The summed E-state index contributed by atoms with van der Waals surface area (Å²) in [5.74, 6) is -0.424. The fraction of sp³-hybridized carbons (Fsp3) is 0.357. The number of carbonyl (C=O) groups excluding carboxylic acids is 2. The van der Waals surface area contributed by atoms with Gasteiger partial charge >= 0.3 is 0 Å². The van der Waals surface area contributed by atoms with Gasteiger partial charge in [0.05, 0.1) is 16.1 Å². The van der Waals surface area contributed by atoms with Crippen molar-refractivity contribution in [2.75, 3.05) is 5.32 Å². The first kappa shape index (κ1) is 15.6. The summed E-state index contributed by atoms with van der Waals surface area (Å²) in [5, 5.41) is 6.40. The lowest BCUT2D eigenvalue weighted by Crippen LogP contribution is -2.28. The Morgan fingerprint density at radius 2 is 2.14 bits per heavy atom. The van der Waals surface area contributed by atoms with Crippen molar-refractivity contribution in [1.29, 1.82) is 0 Å². The van der Waals surface area contributed by atoms with E-state index in [0.29, 0.717) is 26.9 Å². The van der Waals surface area contributed by atoms with E-state index in [-0.39, 0.29) is 18.2 Å². The summed E-state index contributed by atoms with van der Waals surface area (Å²) in [5.41, 5.74) is 0.551.